The lowest BCUT2D eigenvalue weighted by atomic mass is 9.84. The van der Waals surface area contributed by atoms with E-state index in [1.807, 2.05) is 13.8 Å². The molecule has 0 radical (unpaired) electrons. The monoisotopic (exact) mass is 313 g/mol. The molecule has 1 atom stereocenters. The highest BCUT2D eigenvalue weighted by molar-refractivity contribution is 7.87. The molecule has 0 aliphatic heterocycles. The molecule has 116 valence electrons. The Morgan fingerprint density at radius 3 is 2.21 bits per heavy atom. The Hall–Kier alpha value is 0.120. The minimum absolute atomic E-state index is 0. The quantitative estimate of drug-likeness (QED) is 0.780. The summed E-state index contributed by atoms with van der Waals surface area (Å²) in [5.41, 5.74) is 5.74. The number of halogens is 1. The number of nitrogens with zero attached hydrogens (tertiary/aromatic N) is 1. The molecular weight excluding hydrogens is 286 g/mol. The van der Waals surface area contributed by atoms with Gasteiger partial charge in [-0.1, -0.05) is 19.3 Å². The van der Waals surface area contributed by atoms with E-state index in [1.54, 1.807) is 7.05 Å². The summed E-state index contributed by atoms with van der Waals surface area (Å²) in [6, 6.07) is -0.177. The normalized spacial score (nSPS) is 19.5. The van der Waals surface area contributed by atoms with Gasteiger partial charge in [0.05, 0.1) is 0 Å². The highest BCUT2D eigenvalue weighted by Gasteiger charge is 2.29. The maximum absolute atomic E-state index is 12.1. The zero-order valence-electron chi connectivity index (χ0n) is 12.1. The fourth-order valence-electron chi connectivity index (χ4n) is 2.43. The molecule has 3 N–H and O–H groups in total. The first-order chi connectivity index (χ1) is 8.38. The van der Waals surface area contributed by atoms with E-state index >= 15 is 0 Å². The summed E-state index contributed by atoms with van der Waals surface area (Å²) in [6.45, 7) is 4.09. The van der Waals surface area contributed by atoms with E-state index in [9.17, 15) is 8.42 Å². The largest absolute Gasteiger partial charge is 0.329 e. The van der Waals surface area contributed by atoms with Gasteiger partial charge in [0.15, 0.2) is 0 Å². The molecule has 1 unspecified atom stereocenters. The van der Waals surface area contributed by atoms with E-state index in [1.165, 1.54) is 23.6 Å². The Balaban J connectivity index is 0.00000324. The maximum atomic E-state index is 12.1. The molecule has 0 aromatic rings. The number of nitrogens with one attached hydrogen (secondary N) is 1. The number of hydrogen-bond acceptors (Lipinski definition) is 3. The predicted molar refractivity (Wildman–Crippen MR) is 81.6 cm³/mol. The van der Waals surface area contributed by atoms with Gasteiger partial charge in [-0.05, 0) is 32.6 Å². The summed E-state index contributed by atoms with van der Waals surface area (Å²) in [7, 11) is -1.82. The second-order valence-corrected chi connectivity index (χ2v) is 7.23. The summed E-state index contributed by atoms with van der Waals surface area (Å²) in [4.78, 5) is 0. The highest BCUT2D eigenvalue weighted by Crippen LogP contribution is 2.26. The third kappa shape index (κ3) is 5.55. The molecule has 1 aliphatic rings. The number of hydrogen-bond donors (Lipinski definition) is 2. The molecule has 1 aliphatic carbocycles. The van der Waals surface area contributed by atoms with Crippen molar-refractivity contribution in [2.75, 3.05) is 13.6 Å². The van der Waals surface area contributed by atoms with E-state index in [-0.39, 0.29) is 24.5 Å². The second-order valence-electron chi connectivity index (χ2n) is 5.47. The van der Waals surface area contributed by atoms with Crippen LogP contribution in [0.2, 0.25) is 0 Å². The molecule has 0 saturated heterocycles. The van der Waals surface area contributed by atoms with Crippen LogP contribution < -0.4 is 10.5 Å². The molecule has 1 rings (SSSR count). The molecule has 1 fully saturated rings. The SMILES string of the molecule is CC(C)N(C)S(=O)(=O)NC(CN)C1CCCCC1.Cl. The van der Waals surface area contributed by atoms with E-state index < -0.39 is 10.2 Å². The van der Waals surface area contributed by atoms with Crippen molar-refractivity contribution in [1.82, 2.24) is 9.03 Å². The van der Waals surface area contributed by atoms with Crippen LogP contribution in [0.25, 0.3) is 0 Å². The van der Waals surface area contributed by atoms with Crippen LogP contribution in [0, 0.1) is 5.92 Å². The van der Waals surface area contributed by atoms with Crippen LogP contribution >= 0.6 is 12.4 Å². The molecule has 0 heterocycles. The first kappa shape index (κ1) is 19.1. The Bertz CT molecular complexity index is 343. The Labute approximate surface area is 123 Å². The van der Waals surface area contributed by atoms with Gasteiger partial charge in [0.2, 0.25) is 0 Å². The molecule has 5 nitrogen and oxygen atoms in total. The van der Waals surface area contributed by atoms with Crippen LogP contribution in [0.4, 0.5) is 0 Å². The van der Waals surface area contributed by atoms with Crippen molar-refractivity contribution in [1.29, 1.82) is 0 Å². The smallest absolute Gasteiger partial charge is 0.279 e. The summed E-state index contributed by atoms with van der Waals surface area (Å²) in [5.74, 6) is 0.388. The first-order valence-corrected chi connectivity index (χ1v) is 8.28. The van der Waals surface area contributed by atoms with Gasteiger partial charge in [0.25, 0.3) is 10.2 Å². The minimum atomic E-state index is -3.42. The van der Waals surface area contributed by atoms with Crippen molar-refractivity contribution in [3.05, 3.63) is 0 Å². The summed E-state index contributed by atoms with van der Waals surface area (Å²) < 4.78 is 28.4. The van der Waals surface area contributed by atoms with Crippen LogP contribution in [0.1, 0.15) is 46.0 Å². The van der Waals surface area contributed by atoms with E-state index in [0.717, 1.165) is 12.8 Å². The highest BCUT2D eigenvalue weighted by atomic mass is 35.5. The topological polar surface area (TPSA) is 75.4 Å². The van der Waals surface area contributed by atoms with E-state index in [4.69, 9.17) is 5.73 Å². The second kappa shape index (κ2) is 8.42. The van der Waals surface area contributed by atoms with Crippen LogP contribution in [0.5, 0.6) is 0 Å². The lowest BCUT2D eigenvalue weighted by Gasteiger charge is -2.32. The average Bonchev–Trinajstić information content (AvgIpc) is 2.36. The molecule has 0 spiro atoms. The molecule has 19 heavy (non-hydrogen) atoms. The third-order valence-corrected chi connectivity index (χ3v) is 5.66. The first-order valence-electron chi connectivity index (χ1n) is 6.84. The standard InChI is InChI=1S/C12H27N3O2S.ClH/c1-10(2)15(3)18(16,17)14-12(9-13)11-7-5-4-6-8-11;/h10-12,14H,4-9,13H2,1-3H3;1H. The maximum Gasteiger partial charge on any atom is 0.279 e. The molecule has 7 heteroatoms. The third-order valence-electron chi connectivity index (χ3n) is 3.88. The van der Waals surface area contributed by atoms with Gasteiger partial charge in [-0.3, -0.25) is 0 Å². The molecule has 0 amide bonds. The van der Waals surface area contributed by atoms with E-state index in [0.29, 0.717) is 12.5 Å². The van der Waals surface area contributed by atoms with Gasteiger partial charge < -0.3 is 5.73 Å². The molecular formula is C12H28ClN3O2S. The Morgan fingerprint density at radius 1 is 1.26 bits per heavy atom. The van der Waals surface area contributed by atoms with Crippen LogP contribution in [0.15, 0.2) is 0 Å². The van der Waals surface area contributed by atoms with Crippen LogP contribution in [0.3, 0.4) is 0 Å². The summed E-state index contributed by atoms with van der Waals surface area (Å²) in [6.07, 6.45) is 5.78. The van der Waals surface area contributed by atoms with Gasteiger partial charge in [0.1, 0.15) is 0 Å². The lowest BCUT2D eigenvalue weighted by Crippen LogP contribution is -2.51. The van der Waals surface area contributed by atoms with Gasteiger partial charge in [-0.2, -0.15) is 17.4 Å². The lowest BCUT2D eigenvalue weighted by molar-refractivity contribution is 0.287. The molecule has 0 bridgehead atoms. The van der Waals surface area contributed by atoms with Crippen molar-refractivity contribution in [3.63, 3.8) is 0 Å². The van der Waals surface area contributed by atoms with Gasteiger partial charge in [-0.15, -0.1) is 12.4 Å². The number of rotatable bonds is 6. The van der Waals surface area contributed by atoms with Crippen LogP contribution in [-0.4, -0.2) is 38.4 Å². The van der Waals surface area contributed by atoms with Crippen molar-refractivity contribution < 1.29 is 8.42 Å². The summed E-state index contributed by atoms with van der Waals surface area (Å²) >= 11 is 0. The van der Waals surface area contributed by atoms with Crippen molar-refractivity contribution in [2.45, 2.75) is 58.0 Å². The van der Waals surface area contributed by atoms with Gasteiger partial charge >= 0.3 is 0 Å². The van der Waals surface area contributed by atoms with E-state index in [2.05, 4.69) is 4.72 Å². The Morgan fingerprint density at radius 2 is 1.79 bits per heavy atom. The van der Waals surface area contributed by atoms with Gasteiger partial charge in [-0.25, -0.2) is 0 Å². The molecule has 0 aromatic heterocycles. The molecule has 0 aromatic carbocycles. The Kier molecular flexibility index (Phi) is 8.47. The van der Waals surface area contributed by atoms with Gasteiger partial charge in [0, 0.05) is 25.7 Å². The van der Waals surface area contributed by atoms with Crippen LogP contribution in [-0.2, 0) is 10.2 Å². The summed E-state index contributed by atoms with van der Waals surface area (Å²) in [5, 5.41) is 0. The minimum Gasteiger partial charge on any atom is -0.329 e. The zero-order chi connectivity index (χ0) is 13.8. The van der Waals surface area contributed by atoms with Crippen molar-refractivity contribution in [2.24, 2.45) is 11.7 Å². The van der Waals surface area contributed by atoms with Crippen molar-refractivity contribution >= 4 is 22.6 Å². The van der Waals surface area contributed by atoms with Crippen molar-refractivity contribution in [3.8, 4) is 0 Å². The fraction of sp³-hybridized carbons (Fsp3) is 1.00. The zero-order valence-corrected chi connectivity index (χ0v) is 13.8. The molecule has 1 saturated carbocycles. The number of nitrogens with two attached hydrogens (primary N) is 1. The predicted octanol–water partition coefficient (Wildman–Crippen LogP) is 1.49. The average molecular weight is 314 g/mol. The fourth-order valence-corrected chi connectivity index (χ4v) is 3.82.